The summed E-state index contributed by atoms with van der Waals surface area (Å²) in [5.41, 5.74) is 1.15. The number of pyridine rings is 1. The highest BCUT2D eigenvalue weighted by Gasteiger charge is 2.32. The number of aliphatic hydroxyl groups is 2. The SMILES string of the molecule is NNc1cc(C(F)(F)F)cc(N(CCO)CCO)n1. The smallest absolute Gasteiger partial charge is 0.395 e. The van der Waals surface area contributed by atoms with E-state index in [2.05, 4.69) is 10.4 Å². The van der Waals surface area contributed by atoms with Crippen LogP contribution in [0.3, 0.4) is 0 Å². The highest BCUT2D eigenvalue weighted by molar-refractivity contribution is 5.50. The molecule has 0 atom stereocenters. The van der Waals surface area contributed by atoms with E-state index in [0.717, 1.165) is 12.1 Å². The molecular weight excluding hydrogens is 265 g/mol. The van der Waals surface area contributed by atoms with Gasteiger partial charge in [-0.25, -0.2) is 10.8 Å². The van der Waals surface area contributed by atoms with Gasteiger partial charge in [-0.15, -0.1) is 0 Å². The average molecular weight is 280 g/mol. The topological polar surface area (TPSA) is 94.6 Å². The van der Waals surface area contributed by atoms with Crippen LogP contribution in [0, 0.1) is 0 Å². The van der Waals surface area contributed by atoms with Gasteiger partial charge in [0, 0.05) is 13.1 Å². The summed E-state index contributed by atoms with van der Waals surface area (Å²) in [4.78, 5) is 5.20. The van der Waals surface area contributed by atoms with Crippen LogP contribution in [-0.2, 0) is 6.18 Å². The maximum absolute atomic E-state index is 12.7. The molecule has 0 spiro atoms. The van der Waals surface area contributed by atoms with Crippen molar-refractivity contribution in [2.24, 2.45) is 5.84 Å². The molecule has 0 aliphatic rings. The number of hydrogen-bond acceptors (Lipinski definition) is 6. The summed E-state index contributed by atoms with van der Waals surface area (Å²) in [7, 11) is 0. The largest absolute Gasteiger partial charge is 0.416 e. The highest BCUT2D eigenvalue weighted by atomic mass is 19.4. The standard InChI is InChI=1S/C10H15F3N4O2/c11-10(12,13)7-5-8(16-14)15-9(6-7)17(1-3-18)2-4-19/h5-6,18-19H,1-4,14H2,(H,15,16). The molecular formula is C10H15F3N4O2. The van der Waals surface area contributed by atoms with Crippen LogP contribution >= 0.6 is 0 Å². The maximum Gasteiger partial charge on any atom is 0.416 e. The van der Waals surface area contributed by atoms with Crippen LogP contribution < -0.4 is 16.2 Å². The van der Waals surface area contributed by atoms with Crippen molar-refractivity contribution in [1.82, 2.24) is 4.98 Å². The zero-order chi connectivity index (χ0) is 14.5. The molecule has 1 aromatic rings. The van der Waals surface area contributed by atoms with E-state index in [9.17, 15) is 13.2 Å². The van der Waals surface area contributed by atoms with Gasteiger partial charge in [0.2, 0.25) is 0 Å². The lowest BCUT2D eigenvalue weighted by atomic mass is 10.2. The molecule has 0 saturated carbocycles. The molecule has 0 radical (unpaired) electrons. The second-order valence-corrected chi connectivity index (χ2v) is 3.68. The van der Waals surface area contributed by atoms with Crippen molar-refractivity contribution in [3.8, 4) is 0 Å². The van der Waals surface area contributed by atoms with Gasteiger partial charge < -0.3 is 20.5 Å². The number of rotatable bonds is 6. The molecule has 0 aliphatic heterocycles. The molecule has 0 fully saturated rings. The fourth-order valence-corrected chi connectivity index (χ4v) is 1.50. The van der Waals surface area contributed by atoms with E-state index in [1.54, 1.807) is 0 Å². The zero-order valence-electron chi connectivity index (χ0n) is 9.98. The number of nitrogens with one attached hydrogen (secondary N) is 1. The quantitative estimate of drug-likeness (QED) is 0.438. The Balaban J connectivity index is 3.17. The van der Waals surface area contributed by atoms with E-state index in [4.69, 9.17) is 16.1 Å². The molecule has 1 rings (SSSR count). The summed E-state index contributed by atoms with van der Waals surface area (Å²) in [6.45, 7) is -0.440. The van der Waals surface area contributed by atoms with Gasteiger partial charge in [0.1, 0.15) is 11.6 Å². The Morgan fingerprint density at radius 2 is 1.79 bits per heavy atom. The molecule has 0 aromatic carbocycles. The first-order chi connectivity index (χ1) is 8.92. The minimum atomic E-state index is -4.53. The van der Waals surface area contributed by atoms with Gasteiger partial charge in [-0.05, 0) is 12.1 Å². The number of anilines is 2. The molecule has 0 saturated heterocycles. The van der Waals surface area contributed by atoms with Crippen molar-refractivity contribution in [3.05, 3.63) is 17.7 Å². The van der Waals surface area contributed by atoms with Crippen molar-refractivity contribution < 1.29 is 23.4 Å². The molecule has 108 valence electrons. The number of hydrazine groups is 1. The van der Waals surface area contributed by atoms with Gasteiger partial charge in [-0.3, -0.25) is 0 Å². The van der Waals surface area contributed by atoms with Crippen molar-refractivity contribution in [2.45, 2.75) is 6.18 Å². The van der Waals surface area contributed by atoms with Crippen LogP contribution in [0.5, 0.6) is 0 Å². The van der Waals surface area contributed by atoms with E-state index in [0.29, 0.717) is 0 Å². The molecule has 0 amide bonds. The molecule has 0 unspecified atom stereocenters. The van der Waals surface area contributed by atoms with Crippen LogP contribution in [0.4, 0.5) is 24.8 Å². The first kappa shape index (κ1) is 15.5. The van der Waals surface area contributed by atoms with E-state index in [1.807, 2.05) is 0 Å². The van der Waals surface area contributed by atoms with Crippen LogP contribution in [0.2, 0.25) is 0 Å². The van der Waals surface area contributed by atoms with Gasteiger partial charge in [0.25, 0.3) is 0 Å². The number of alkyl halides is 3. The first-order valence-electron chi connectivity index (χ1n) is 5.45. The molecule has 6 nitrogen and oxygen atoms in total. The van der Waals surface area contributed by atoms with E-state index < -0.39 is 11.7 Å². The number of nitrogens with zero attached hydrogens (tertiary/aromatic N) is 2. The summed E-state index contributed by atoms with van der Waals surface area (Å²) in [5, 5.41) is 17.7. The van der Waals surface area contributed by atoms with Crippen molar-refractivity contribution in [3.63, 3.8) is 0 Å². The Kier molecular flexibility index (Phi) is 5.33. The minimum Gasteiger partial charge on any atom is -0.395 e. The van der Waals surface area contributed by atoms with Crippen molar-refractivity contribution in [1.29, 1.82) is 0 Å². The second kappa shape index (κ2) is 6.55. The molecule has 1 heterocycles. The Morgan fingerprint density at radius 1 is 1.21 bits per heavy atom. The second-order valence-electron chi connectivity index (χ2n) is 3.68. The number of halogens is 3. The average Bonchev–Trinajstić information content (AvgIpc) is 2.37. The summed E-state index contributed by atoms with van der Waals surface area (Å²) in [6.07, 6.45) is -4.53. The van der Waals surface area contributed by atoms with Crippen molar-refractivity contribution >= 4 is 11.6 Å². The predicted octanol–water partition coefficient (Wildman–Crippen LogP) is 0.177. The Hall–Kier alpha value is -1.58. The molecule has 5 N–H and O–H groups in total. The van der Waals surface area contributed by atoms with Crippen molar-refractivity contribution in [2.75, 3.05) is 36.6 Å². The van der Waals surface area contributed by atoms with Gasteiger partial charge in [0.15, 0.2) is 0 Å². The molecule has 0 aliphatic carbocycles. The molecule has 0 bridgehead atoms. The number of aromatic nitrogens is 1. The van der Waals surface area contributed by atoms with E-state index in [1.165, 1.54) is 4.90 Å². The lowest BCUT2D eigenvalue weighted by Gasteiger charge is -2.23. The van der Waals surface area contributed by atoms with Crippen LogP contribution in [0.25, 0.3) is 0 Å². The number of aliphatic hydroxyl groups excluding tert-OH is 2. The third-order valence-electron chi connectivity index (χ3n) is 2.35. The minimum absolute atomic E-state index is 0.0223. The molecule has 9 heteroatoms. The van der Waals surface area contributed by atoms with Gasteiger partial charge in [0.05, 0.1) is 18.8 Å². The van der Waals surface area contributed by atoms with Crippen LogP contribution in [0.15, 0.2) is 12.1 Å². The van der Waals surface area contributed by atoms with Gasteiger partial charge in [-0.2, -0.15) is 13.2 Å². The summed E-state index contributed by atoms with van der Waals surface area (Å²) in [6, 6.07) is 1.62. The number of nitrogens with two attached hydrogens (primary N) is 1. The van der Waals surface area contributed by atoms with E-state index in [-0.39, 0.29) is 37.9 Å². The maximum atomic E-state index is 12.7. The predicted molar refractivity (Wildman–Crippen MR) is 63.4 cm³/mol. The van der Waals surface area contributed by atoms with Crippen LogP contribution in [-0.4, -0.2) is 41.5 Å². The molecule has 1 aromatic heterocycles. The Labute approximate surface area is 107 Å². The van der Waals surface area contributed by atoms with E-state index >= 15 is 0 Å². The normalized spacial score (nSPS) is 11.5. The summed E-state index contributed by atoms with van der Waals surface area (Å²) >= 11 is 0. The lowest BCUT2D eigenvalue weighted by molar-refractivity contribution is -0.137. The fraction of sp³-hybridized carbons (Fsp3) is 0.500. The molecule has 19 heavy (non-hydrogen) atoms. The summed E-state index contributed by atoms with van der Waals surface area (Å²) < 4.78 is 38.1. The third-order valence-corrected chi connectivity index (χ3v) is 2.35. The Morgan fingerprint density at radius 3 is 2.21 bits per heavy atom. The van der Waals surface area contributed by atoms with Crippen LogP contribution in [0.1, 0.15) is 5.56 Å². The van der Waals surface area contributed by atoms with Gasteiger partial charge in [-0.1, -0.05) is 0 Å². The highest BCUT2D eigenvalue weighted by Crippen LogP contribution is 2.32. The van der Waals surface area contributed by atoms with Gasteiger partial charge >= 0.3 is 6.18 Å². The lowest BCUT2D eigenvalue weighted by Crippen LogP contribution is -2.31. The first-order valence-corrected chi connectivity index (χ1v) is 5.45. The Bertz CT molecular complexity index is 408. The third kappa shape index (κ3) is 4.23. The number of nitrogen functional groups attached to an aromatic ring is 1. The number of hydrogen-bond donors (Lipinski definition) is 4. The monoisotopic (exact) mass is 280 g/mol. The fourth-order valence-electron chi connectivity index (χ4n) is 1.50. The zero-order valence-corrected chi connectivity index (χ0v) is 9.98. The summed E-state index contributed by atoms with van der Waals surface area (Å²) in [5.74, 6) is 4.91.